The number of rotatable bonds is 4. The van der Waals surface area contributed by atoms with E-state index in [4.69, 9.17) is 4.42 Å². The van der Waals surface area contributed by atoms with Gasteiger partial charge in [0.2, 0.25) is 0 Å². The lowest BCUT2D eigenvalue weighted by atomic mass is 10.3. The Morgan fingerprint density at radius 1 is 1.28 bits per heavy atom. The second kappa shape index (κ2) is 4.99. The fourth-order valence-electron chi connectivity index (χ4n) is 1.34. The maximum Gasteiger partial charge on any atom is 0.573 e. The Bertz CT molecular complexity index is 497. The number of hydrogen-bond acceptors (Lipinski definition) is 4. The predicted octanol–water partition coefficient (Wildman–Crippen LogP) is 3.19. The van der Waals surface area contributed by atoms with E-state index in [9.17, 15) is 13.2 Å². The molecule has 0 atom stereocenters. The number of nitrogens with zero attached hydrogens (tertiary/aromatic N) is 1. The van der Waals surface area contributed by atoms with Gasteiger partial charge in [-0.15, -0.1) is 13.2 Å². The molecule has 0 fully saturated rings. The van der Waals surface area contributed by atoms with Crippen LogP contribution >= 0.6 is 0 Å². The molecule has 0 spiro atoms. The average Bonchev–Trinajstić information content (AvgIpc) is 2.79. The molecule has 0 saturated heterocycles. The van der Waals surface area contributed by atoms with E-state index < -0.39 is 6.36 Å². The second-order valence-electron chi connectivity index (χ2n) is 3.37. The van der Waals surface area contributed by atoms with Crippen LogP contribution in [0.4, 0.5) is 18.9 Å². The van der Waals surface area contributed by atoms with Crippen molar-refractivity contribution in [2.45, 2.75) is 12.9 Å². The molecule has 0 saturated carbocycles. The van der Waals surface area contributed by atoms with Crippen LogP contribution in [0.15, 0.2) is 41.3 Å². The van der Waals surface area contributed by atoms with Crippen molar-refractivity contribution >= 4 is 5.69 Å². The molecule has 0 bridgehead atoms. The molecule has 0 aliphatic carbocycles. The van der Waals surface area contributed by atoms with Gasteiger partial charge in [-0.1, -0.05) is 12.1 Å². The Labute approximate surface area is 100 Å². The van der Waals surface area contributed by atoms with E-state index >= 15 is 0 Å². The Balaban J connectivity index is 2.07. The lowest BCUT2D eigenvalue weighted by molar-refractivity contribution is -0.274. The van der Waals surface area contributed by atoms with Crippen molar-refractivity contribution in [3.05, 3.63) is 42.6 Å². The van der Waals surface area contributed by atoms with Crippen LogP contribution in [0.5, 0.6) is 5.75 Å². The van der Waals surface area contributed by atoms with Crippen molar-refractivity contribution in [1.82, 2.24) is 4.98 Å². The molecule has 1 heterocycles. The van der Waals surface area contributed by atoms with Crippen LogP contribution in [-0.2, 0) is 6.54 Å². The fraction of sp³-hybridized carbons (Fsp3) is 0.182. The van der Waals surface area contributed by atoms with E-state index in [0.29, 0.717) is 5.76 Å². The van der Waals surface area contributed by atoms with Crippen molar-refractivity contribution in [3.8, 4) is 5.75 Å². The number of alkyl halides is 3. The van der Waals surface area contributed by atoms with E-state index in [1.807, 2.05) is 0 Å². The van der Waals surface area contributed by atoms with Crippen molar-refractivity contribution in [3.63, 3.8) is 0 Å². The van der Waals surface area contributed by atoms with Gasteiger partial charge in [-0.2, -0.15) is 0 Å². The Morgan fingerprint density at radius 2 is 2.06 bits per heavy atom. The zero-order chi connectivity index (χ0) is 13.0. The molecule has 0 unspecified atom stereocenters. The minimum Gasteiger partial charge on any atom is -0.447 e. The summed E-state index contributed by atoms with van der Waals surface area (Å²) in [5, 5.41) is 2.78. The first-order chi connectivity index (χ1) is 8.54. The summed E-state index contributed by atoms with van der Waals surface area (Å²) < 4.78 is 45.3. The highest BCUT2D eigenvalue weighted by atomic mass is 19.4. The number of oxazole rings is 1. The fourth-order valence-corrected chi connectivity index (χ4v) is 1.34. The van der Waals surface area contributed by atoms with Crippen LogP contribution in [-0.4, -0.2) is 11.3 Å². The molecule has 0 amide bonds. The third-order valence-corrected chi connectivity index (χ3v) is 2.05. The first-order valence-corrected chi connectivity index (χ1v) is 5.00. The van der Waals surface area contributed by atoms with Crippen molar-refractivity contribution in [2.75, 3.05) is 5.32 Å². The molecule has 1 aromatic carbocycles. The molecule has 18 heavy (non-hydrogen) atoms. The molecule has 1 aromatic heterocycles. The van der Waals surface area contributed by atoms with Crippen molar-refractivity contribution in [2.24, 2.45) is 0 Å². The molecule has 0 radical (unpaired) electrons. The number of nitrogens with one attached hydrogen (secondary N) is 1. The number of anilines is 1. The summed E-state index contributed by atoms with van der Waals surface area (Å²) in [6.07, 6.45) is -2.00. The molecule has 2 rings (SSSR count). The predicted molar refractivity (Wildman–Crippen MR) is 57.0 cm³/mol. The minimum atomic E-state index is -4.72. The van der Waals surface area contributed by atoms with E-state index in [2.05, 4.69) is 15.0 Å². The largest absolute Gasteiger partial charge is 0.573 e. The average molecular weight is 258 g/mol. The van der Waals surface area contributed by atoms with Gasteiger partial charge in [0.05, 0.1) is 18.4 Å². The quantitative estimate of drug-likeness (QED) is 0.914. The number of hydrogen-bond donors (Lipinski definition) is 1. The van der Waals surface area contributed by atoms with Gasteiger partial charge in [-0.3, -0.25) is 0 Å². The van der Waals surface area contributed by atoms with Crippen LogP contribution in [0.2, 0.25) is 0 Å². The molecule has 0 aliphatic heterocycles. The summed E-state index contributed by atoms with van der Waals surface area (Å²) in [5.41, 5.74) is 0.228. The second-order valence-corrected chi connectivity index (χ2v) is 3.37. The van der Waals surface area contributed by atoms with Gasteiger partial charge in [0, 0.05) is 0 Å². The lowest BCUT2D eigenvalue weighted by Crippen LogP contribution is -2.18. The molecule has 4 nitrogen and oxygen atoms in total. The Kier molecular flexibility index (Phi) is 3.40. The maximum atomic E-state index is 12.2. The van der Waals surface area contributed by atoms with Crippen LogP contribution in [0.3, 0.4) is 0 Å². The zero-order valence-corrected chi connectivity index (χ0v) is 9.07. The standard InChI is InChI=1S/C11H9F3N2O2/c12-11(13,14)18-10-4-2-1-3-9(10)16-6-8-5-15-7-17-8/h1-5,7,16H,6H2. The normalized spacial score (nSPS) is 11.3. The topological polar surface area (TPSA) is 47.3 Å². The molecule has 1 N–H and O–H groups in total. The van der Waals surface area contributed by atoms with Crippen LogP contribution < -0.4 is 10.1 Å². The summed E-state index contributed by atoms with van der Waals surface area (Å²) in [7, 11) is 0. The first-order valence-electron chi connectivity index (χ1n) is 5.00. The van der Waals surface area contributed by atoms with Crippen molar-refractivity contribution < 1.29 is 22.3 Å². The number of aromatic nitrogens is 1. The number of para-hydroxylation sites is 2. The molecule has 2 aromatic rings. The van der Waals surface area contributed by atoms with E-state index in [0.717, 1.165) is 0 Å². The highest BCUT2D eigenvalue weighted by molar-refractivity contribution is 5.56. The third kappa shape index (κ3) is 3.41. The highest BCUT2D eigenvalue weighted by Gasteiger charge is 2.32. The minimum absolute atomic E-state index is 0.220. The number of halogens is 3. The number of benzene rings is 1. The van der Waals surface area contributed by atoms with Crippen molar-refractivity contribution in [1.29, 1.82) is 0 Å². The molecule has 96 valence electrons. The number of ether oxygens (including phenoxy) is 1. The smallest absolute Gasteiger partial charge is 0.447 e. The van der Waals surface area contributed by atoms with E-state index in [1.165, 1.54) is 30.8 Å². The van der Waals surface area contributed by atoms with Gasteiger partial charge in [0.25, 0.3) is 0 Å². The third-order valence-electron chi connectivity index (χ3n) is 2.05. The van der Waals surface area contributed by atoms with Crippen LogP contribution in [0.25, 0.3) is 0 Å². The van der Waals surface area contributed by atoms with Crippen LogP contribution in [0.1, 0.15) is 5.76 Å². The summed E-state index contributed by atoms with van der Waals surface area (Å²) in [6, 6.07) is 5.78. The maximum absolute atomic E-state index is 12.2. The lowest BCUT2D eigenvalue weighted by Gasteiger charge is -2.13. The van der Waals surface area contributed by atoms with Gasteiger partial charge in [-0.25, -0.2) is 4.98 Å². The van der Waals surface area contributed by atoms with Gasteiger partial charge in [-0.05, 0) is 12.1 Å². The summed E-state index contributed by atoms with van der Waals surface area (Å²) >= 11 is 0. The highest BCUT2D eigenvalue weighted by Crippen LogP contribution is 2.30. The van der Waals surface area contributed by atoms with Gasteiger partial charge in [0.1, 0.15) is 5.76 Å². The first kappa shape index (κ1) is 12.3. The molecule has 0 aliphatic rings. The Morgan fingerprint density at radius 3 is 2.72 bits per heavy atom. The van der Waals surface area contributed by atoms with Gasteiger partial charge < -0.3 is 14.5 Å². The SMILES string of the molecule is FC(F)(F)Oc1ccccc1NCc1cnco1. The molecule has 7 heteroatoms. The Hall–Kier alpha value is -2.18. The van der Waals surface area contributed by atoms with E-state index in [1.54, 1.807) is 6.07 Å². The van der Waals surface area contributed by atoms with Gasteiger partial charge in [0.15, 0.2) is 12.1 Å². The summed E-state index contributed by atoms with van der Waals surface area (Å²) in [5.74, 6) is 0.223. The van der Waals surface area contributed by atoms with Crippen LogP contribution in [0, 0.1) is 0 Å². The van der Waals surface area contributed by atoms with Gasteiger partial charge >= 0.3 is 6.36 Å². The van der Waals surface area contributed by atoms with E-state index in [-0.39, 0.29) is 18.0 Å². The monoisotopic (exact) mass is 258 g/mol. The summed E-state index contributed by atoms with van der Waals surface area (Å²) in [4.78, 5) is 3.70. The molecular weight excluding hydrogens is 249 g/mol. The zero-order valence-electron chi connectivity index (χ0n) is 9.07. The summed E-state index contributed by atoms with van der Waals surface area (Å²) in [6.45, 7) is 0.220. The molecular formula is C11H9F3N2O2.